The molecule has 150 valence electrons. The smallest absolute Gasteiger partial charge is 0.261 e. The number of anilines is 2. The van der Waals surface area contributed by atoms with Crippen molar-refractivity contribution in [2.24, 2.45) is 5.92 Å². The van der Waals surface area contributed by atoms with E-state index in [9.17, 15) is 4.79 Å². The van der Waals surface area contributed by atoms with E-state index >= 15 is 0 Å². The molecule has 6 nitrogen and oxygen atoms in total. The molecule has 0 saturated carbocycles. The summed E-state index contributed by atoms with van der Waals surface area (Å²) in [5.74, 6) is 2.82. The minimum atomic E-state index is 0.0556. The molecule has 2 fully saturated rings. The van der Waals surface area contributed by atoms with Gasteiger partial charge in [0, 0.05) is 43.2 Å². The number of nitrogens with one attached hydrogen (secondary N) is 1. The van der Waals surface area contributed by atoms with E-state index in [1.165, 1.54) is 17.7 Å². The van der Waals surface area contributed by atoms with E-state index in [1.54, 1.807) is 17.7 Å². The van der Waals surface area contributed by atoms with Gasteiger partial charge in [0.05, 0.1) is 4.88 Å². The standard InChI is InChI=1S/C21H29N5OS/c1-15-4-3-9-26(13-15)20-12-19(22-14-23-20)25-10-7-17(8-11-25)24-21(27)18-6-5-16(2)28-18/h5-6,12,14-15,17H,3-4,7-11,13H2,1-2H3,(H,24,27). The molecule has 2 aliphatic heterocycles. The van der Waals surface area contributed by atoms with E-state index < -0.39 is 0 Å². The molecule has 0 aromatic carbocycles. The van der Waals surface area contributed by atoms with Gasteiger partial charge in [0.1, 0.15) is 18.0 Å². The first-order chi connectivity index (χ1) is 13.6. The maximum atomic E-state index is 12.4. The van der Waals surface area contributed by atoms with Gasteiger partial charge in [0.2, 0.25) is 0 Å². The highest BCUT2D eigenvalue weighted by Crippen LogP contribution is 2.25. The number of nitrogens with zero attached hydrogens (tertiary/aromatic N) is 4. The van der Waals surface area contributed by atoms with Crippen LogP contribution in [0.4, 0.5) is 11.6 Å². The lowest BCUT2D eigenvalue weighted by Gasteiger charge is -2.35. The lowest BCUT2D eigenvalue weighted by atomic mass is 10.0. The number of hydrogen-bond donors (Lipinski definition) is 1. The summed E-state index contributed by atoms with van der Waals surface area (Å²) in [6.07, 6.45) is 6.11. The topological polar surface area (TPSA) is 61.4 Å². The van der Waals surface area contributed by atoms with Crippen LogP contribution in [0.25, 0.3) is 0 Å². The maximum Gasteiger partial charge on any atom is 0.261 e. The van der Waals surface area contributed by atoms with Crippen LogP contribution >= 0.6 is 11.3 Å². The summed E-state index contributed by atoms with van der Waals surface area (Å²) in [5, 5.41) is 3.19. The molecule has 0 aliphatic carbocycles. The van der Waals surface area contributed by atoms with Crippen LogP contribution in [0, 0.1) is 12.8 Å². The lowest BCUT2D eigenvalue weighted by molar-refractivity contribution is 0.0935. The summed E-state index contributed by atoms with van der Waals surface area (Å²) in [5.41, 5.74) is 0. The molecule has 2 saturated heterocycles. The molecule has 0 spiro atoms. The van der Waals surface area contributed by atoms with Crippen molar-refractivity contribution in [3.8, 4) is 0 Å². The fourth-order valence-electron chi connectivity index (χ4n) is 4.15. The highest BCUT2D eigenvalue weighted by atomic mass is 32.1. The van der Waals surface area contributed by atoms with E-state index in [0.29, 0.717) is 0 Å². The number of hydrogen-bond acceptors (Lipinski definition) is 6. The van der Waals surface area contributed by atoms with Crippen LogP contribution < -0.4 is 15.1 Å². The first-order valence-corrected chi connectivity index (χ1v) is 11.1. The van der Waals surface area contributed by atoms with Crippen LogP contribution in [-0.2, 0) is 0 Å². The second-order valence-electron chi connectivity index (χ2n) is 8.07. The lowest BCUT2D eigenvalue weighted by Crippen LogP contribution is -2.45. The van der Waals surface area contributed by atoms with E-state index in [2.05, 4.69) is 38.1 Å². The molecule has 28 heavy (non-hydrogen) atoms. The van der Waals surface area contributed by atoms with Crippen molar-refractivity contribution in [3.05, 3.63) is 34.3 Å². The Hall–Kier alpha value is -2.15. The highest BCUT2D eigenvalue weighted by Gasteiger charge is 2.24. The fraction of sp³-hybridized carbons (Fsp3) is 0.571. The number of amides is 1. The van der Waals surface area contributed by atoms with Gasteiger partial charge in [0.25, 0.3) is 5.91 Å². The summed E-state index contributed by atoms with van der Waals surface area (Å²) < 4.78 is 0. The van der Waals surface area contributed by atoms with Crippen molar-refractivity contribution >= 4 is 28.9 Å². The maximum absolute atomic E-state index is 12.4. The highest BCUT2D eigenvalue weighted by molar-refractivity contribution is 7.13. The Bertz CT molecular complexity index is 815. The fourth-order valence-corrected chi connectivity index (χ4v) is 4.92. The Balaban J connectivity index is 1.33. The number of piperidine rings is 2. The van der Waals surface area contributed by atoms with Crippen LogP contribution in [0.5, 0.6) is 0 Å². The van der Waals surface area contributed by atoms with Gasteiger partial charge in [0.15, 0.2) is 0 Å². The first kappa shape index (κ1) is 19.2. The van der Waals surface area contributed by atoms with Gasteiger partial charge < -0.3 is 15.1 Å². The van der Waals surface area contributed by atoms with Crippen molar-refractivity contribution in [2.45, 2.75) is 45.6 Å². The van der Waals surface area contributed by atoms with Gasteiger partial charge in [-0.2, -0.15) is 0 Å². The third kappa shape index (κ3) is 4.46. The number of carbonyl (C=O) groups excluding carboxylic acids is 1. The van der Waals surface area contributed by atoms with Crippen molar-refractivity contribution in [3.63, 3.8) is 0 Å². The third-order valence-electron chi connectivity index (χ3n) is 5.74. The zero-order chi connectivity index (χ0) is 19.5. The second kappa shape index (κ2) is 8.47. The van der Waals surface area contributed by atoms with E-state index in [1.807, 2.05) is 19.1 Å². The normalized spacial score (nSPS) is 21.0. The minimum Gasteiger partial charge on any atom is -0.356 e. The molecule has 7 heteroatoms. The first-order valence-electron chi connectivity index (χ1n) is 10.3. The predicted octanol–water partition coefficient (Wildman–Crippen LogP) is 3.48. The quantitative estimate of drug-likeness (QED) is 0.853. The molecule has 4 rings (SSSR count). The van der Waals surface area contributed by atoms with Crippen molar-refractivity contribution in [1.82, 2.24) is 15.3 Å². The van der Waals surface area contributed by atoms with Crippen LogP contribution in [0.15, 0.2) is 24.5 Å². The van der Waals surface area contributed by atoms with Crippen LogP contribution in [0.3, 0.4) is 0 Å². The molecule has 0 radical (unpaired) electrons. The van der Waals surface area contributed by atoms with Gasteiger partial charge in [-0.15, -0.1) is 11.3 Å². The Labute approximate surface area is 171 Å². The summed E-state index contributed by atoms with van der Waals surface area (Å²) in [7, 11) is 0. The molecule has 4 heterocycles. The molecule has 1 atom stereocenters. The number of carbonyl (C=O) groups is 1. The molecule has 2 aliphatic rings. The Morgan fingerprint density at radius 3 is 2.54 bits per heavy atom. The van der Waals surface area contributed by atoms with Gasteiger partial charge in [-0.25, -0.2) is 9.97 Å². The van der Waals surface area contributed by atoms with E-state index in [-0.39, 0.29) is 11.9 Å². The van der Waals surface area contributed by atoms with Crippen molar-refractivity contribution in [2.75, 3.05) is 36.0 Å². The van der Waals surface area contributed by atoms with Gasteiger partial charge in [-0.1, -0.05) is 6.92 Å². The summed E-state index contributed by atoms with van der Waals surface area (Å²) in [4.78, 5) is 28.1. The van der Waals surface area contributed by atoms with Crippen molar-refractivity contribution < 1.29 is 4.79 Å². The zero-order valence-corrected chi connectivity index (χ0v) is 17.5. The molecule has 1 N–H and O–H groups in total. The number of rotatable bonds is 4. The molecule has 1 amide bonds. The summed E-state index contributed by atoms with van der Waals surface area (Å²) >= 11 is 1.55. The Morgan fingerprint density at radius 2 is 1.86 bits per heavy atom. The second-order valence-corrected chi connectivity index (χ2v) is 9.36. The molecule has 2 aromatic heterocycles. The molecular formula is C21H29N5OS. The van der Waals surface area contributed by atoms with Crippen molar-refractivity contribution in [1.29, 1.82) is 0 Å². The molecule has 1 unspecified atom stereocenters. The van der Waals surface area contributed by atoms with E-state index in [4.69, 9.17) is 0 Å². The largest absolute Gasteiger partial charge is 0.356 e. The van der Waals surface area contributed by atoms with Gasteiger partial charge in [-0.3, -0.25) is 4.79 Å². The number of aromatic nitrogens is 2. The molecular weight excluding hydrogens is 370 g/mol. The van der Waals surface area contributed by atoms with Crippen LogP contribution in [0.1, 0.15) is 47.2 Å². The predicted molar refractivity (Wildman–Crippen MR) is 114 cm³/mol. The molecule has 0 bridgehead atoms. The van der Waals surface area contributed by atoms with E-state index in [0.717, 1.165) is 61.5 Å². The Kier molecular flexibility index (Phi) is 5.80. The minimum absolute atomic E-state index is 0.0556. The van der Waals surface area contributed by atoms with Gasteiger partial charge in [-0.05, 0) is 50.7 Å². The average Bonchev–Trinajstić information content (AvgIpc) is 3.15. The zero-order valence-electron chi connectivity index (χ0n) is 16.7. The summed E-state index contributed by atoms with van der Waals surface area (Å²) in [6.45, 7) is 8.30. The average molecular weight is 400 g/mol. The molecule has 2 aromatic rings. The summed E-state index contributed by atoms with van der Waals surface area (Å²) in [6, 6.07) is 6.27. The number of thiophene rings is 1. The van der Waals surface area contributed by atoms with Gasteiger partial charge >= 0.3 is 0 Å². The van der Waals surface area contributed by atoms with Crippen LogP contribution in [-0.4, -0.2) is 48.1 Å². The monoisotopic (exact) mass is 399 g/mol. The SMILES string of the molecule is Cc1ccc(C(=O)NC2CCN(c3cc(N4CCCC(C)C4)ncn3)CC2)s1. The Morgan fingerprint density at radius 1 is 1.11 bits per heavy atom. The van der Waals surface area contributed by atoms with Crippen LogP contribution in [0.2, 0.25) is 0 Å². The number of aryl methyl sites for hydroxylation is 1. The third-order valence-corrected chi connectivity index (χ3v) is 6.74.